The fraction of sp³-hybridized carbons (Fsp3) is 0.294. The number of rotatable bonds is 4. The van der Waals surface area contributed by atoms with E-state index in [1.807, 2.05) is 0 Å². The summed E-state index contributed by atoms with van der Waals surface area (Å²) < 4.78 is 46.6. The first kappa shape index (κ1) is 20.4. The van der Waals surface area contributed by atoms with Crippen molar-refractivity contribution >= 4 is 34.8 Å². The lowest BCUT2D eigenvalue weighted by Gasteiger charge is -2.45. The Morgan fingerprint density at radius 1 is 1.32 bits per heavy atom. The van der Waals surface area contributed by atoms with Crippen LogP contribution in [0.25, 0.3) is 0 Å². The average Bonchev–Trinajstić information content (AvgIpc) is 3.14. The van der Waals surface area contributed by atoms with Crippen molar-refractivity contribution in [1.29, 1.82) is 0 Å². The molecule has 28 heavy (non-hydrogen) atoms. The molecule has 1 fully saturated rings. The number of alkyl halides is 3. The van der Waals surface area contributed by atoms with Gasteiger partial charge >= 0.3 is 12.2 Å². The van der Waals surface area contributed by atoms with Gasteiger partial charge in [0, 0.05) is 5.56 Å². The highest BCUT2D eigenvalue weighted by molar-refractivity contribution is 7.12. The first-order valence-electron chi connectivity index (χ1n) is 7.88. The van der Waals surface area contributed by atoms with Crippen LogP contribution in [0.15, 0.2) is 35.7 Å². The number of thiophene rings is 1. The van der Waals surface area contributed by atoms with Gasteiger partial charge in [0.05, 0.1) is 23.1 Å². The van der Waals surface area contributed by atoms with Crippen LogP contribution < -0.4 is 15.4 Å². The molecule has 2 aromatic rings. The fourth-order valence-corrected chi connectivity index (χ4v) is 4.12. The Morgan fingerprint density at radius 2 is 2.04 bits per heavy atom. The molecule has 1 aromatic heterocycles. The Labute approximate surface area is 166 Å². The van der Waals surface area contributed by atoms with Crippen molar-refractivity contribution in [3.8, 4) is 5.75 Å². The van der Waals surface area contributed by atoms with Gasteiger partial charge in [-0.3, -0.25) is 4.79 Å². The van der Waals surface area contributed by atoms with E-state index < -0.39 is 35.7 Å². The van der Waals surface area contributed by atoms with Gasteiger partial charge in [0.2, 0.25) is 5.72 Å². The molecule has 2 amide bonds. The summed E-state index contributed by atoms with van der Waals surface area (Å²) in [5.74, 6) is -3.13. The molecule has 1 aliphatic rings. The standard InChI is InChI=1S/C17H14ClF3N2O4S/c1-27-14-8(4-2-5-9(14)18)12-11(13(24)10-6-3-7-28-10)16(26,17(19,20)21)23-15(25)22-12/h2-7,11-12,26H,1H3,(H2,22,23,25)/t11-,12-,16+/m0/s1. The Bertz CT molecular complexity index is 906. The topological polar surface area (TPSA) is 87.7 Å². The largest absolute Gasteiger partial charge is 0.495 e. The maximum atomic E-state index is 13.8. The summed E-state index contributed by atoms with van der Waals surface area (Å²) >= 11 is 6.97. The van der Waals surface area contributed by atoms with Crippen LogP contribution in [0.1, 0.15) is 21.3 Å². The highest BCUT2D eigenvalue weighted by Gasteiger charge is 2.66. The Kier molecular flexibility index (Phi) is 5.30. The number of aliphatic hydroxyl groups is 1. The quantitative estimate of drug-likeness (QED) is 0.643. The first-order valence-corrected chi connectivity index (χ1v) is 9.13. The maximum Gasteiger partial charge on any atom is 0.437 e. The number of methoxy groups -OCH3 is 1. The third-order valence-corrected chi connectivity index (χ3v) is 5.57. The van der Waals surface area contributed by atoms with E-state index in [4.69, 9.17) is 16.3 Å². The highest BCUT2D eigenvalue weighted by atomic mass is 35.5. The molecule has 1 aliphatic heterocycles. The summed E-state index contributed by atoms with van der Waals surface area (Å²) in [5.41, 5.74) is -3.77. The molecule has 0 bridgehead atoms. The minimum atomic E-state index is -5.33. The van der Waals surface area contributed by atoms with E-state index in [9.17, 15) is 27.9 Å². The van der Waals surface area contributed by atoms with Gasteiger partial charge in [-0.05, 0) is 17.5 Å². The Hall–Kier alpha value is -2.30. The summed E-state index contributed by atoms with van der Waals surface area (Å²) in [6.45, 7) is 0. The van der Waals surface area contributed by atoms with Gasteiger partial charge < -0.3 is 20.5 Å². The highest BCUT2D eigenvalue weighted by Crippen LogP contribution is 2.46. The number of hydrogen-bond donors (Lipinski definition) is 3. The molecule has 3 atom stereocenters. The molecule has 1 aromatic carbocycles. The summed E-state index contributed by atoms with van der Waals surface area (Å²) in [5, 5.41) is 15.8. The number of benzene rings is 1. The molecular weight excluding hydrogens is 421 g/mol. The molecule has 150 valence electrons. The van der Waals surface area contributed by atoms with Crippen molar-refractivity contribution in [2.24, 2.45) is 5.92 Å². The monoisotopic (exact) mass is 434 g/mol. The zero-order valence-corrected chi connectivity index (χ0v) is 15.8. The predicted molar refractivity (Wildman–Crippen MR) is 95.6 cm³/mol. The summed E-state index contributed by atoms with van der Waals surface area (Å²) in [6.07, 6.45) is -5.33. The molecule has 0 saturated carbocycles. The van der Waals surface area contributed by atoms with Gasteiger partial charge in [0.1, 0.15) is 11.7 Å². The van der Waals surface area contributed by atoms with E-state index in [2.05, 4.69) is 5.32 Å². The second-order valence-electron chi connectivity index (χ2n) is 6.02. The summed E-state index contributed by atoms with van der Waals surface area (Å²) in [6, 6.07) is 4.24. The number of urea groups is 1. The van der Waals surface area contributed by atoms with Gasteiger partial charge in [-0.1, -0.05) is 29.8 Å². The van der Waals surface area contributed by atoms with Crippen molar-refractivity contribution in [1.82, 2.24) is 10.6 Å². The zero-order chi connectivity index (χ0) is 20.7. The van der Waals surface area contributed by atoms with E-state index in [0.29, 0.717) is 0 Å². The van der Waals surface area contributed by atoms with Crippen LogP contribution in [0.5, 0.6) is 5.75 Å². The van der Waals surface area contributed by atoms with Gasteiger partial charge in [-0.15, -0.1) is 11.3 Å². The smallest absolute Gasteiger partial charge is 0.437 e. The number of ketones is 1. The zero-order valence-electron chi connectivity index (χ0n) is 14.2. The lowest BCUT2D eigenvalue weighted by atomic mass is 9.78. The second-order valence-corrected chi connectivity index (χ2v) is 7.38. The lowest BCUT2D eigenvalue weighted by molar-refractivity contribution is -0.287. The molecule has 0 spiro atoms. The molecular formula is C17H14ClF3N2O4S. The van der Waals surface area contributed by atoms with Crippen LogP contribution in [0.3, 0.4) is 0 Å². The van der Waals surface area contributed by atoms with Crippen molar-refractivity contribution in [2.75, 3.05) is 7.11 Å². The molecule has 2 heterocycles. The normalized spacial score (nSPS) is 25.0. The Balaban J connectivity index is 2.22. The molecule has 0 aliphatic carbocycles. The average molecular weight is 435 g/mol. The number of ether oxygens (including phenoxy) is 1. The van der Waals surface area contributed by atoms with Crippen LogP contribution in [0, 0.1) is 5.92 Å². The van der Waals surface area contributed by atoms with Crippen molar-refractivity contribution < 1.29 is 32.6 Å². The minimum Gasteiger partial charge on any atom is -0.495 e. The van der Waals surface area contributed by atoms with Gasteiger partial charge in [0.15, 0.2) is 5.78 Å². The molecule has 11 heteroatoms. The number of carbonyl (C=O) groups excluding carboxylic acids is 2. The van der Waals surface area contributed by atoms with Gasteiger partial charge in [-0.2, -0.15) is 13.2 Å². The van der Waals surface area contributed by atoms with E-state index in [0.717, 1.165) is 11.3 Å². The number of carbonyl (C=O) groups is 2. The van der Waals surface area contributed by atoms with Crippen LogP contribution in [0.2, 0.25) is 5.02 Å². The summed E-state index contributed by atoms with van der Waals surface area (Å²) in [4.78, 5) is 25.0. The van der Waals surface area contributed by atoms with Gasteiger partial charge in [-0.25, -0.2) is 4.79 Å². The van der Waals surface area contributed by atoms with Crippen molar-refractivity contribution in [2.45, 2.75) is 17.9 Å². The summed E-state index contributed by atoms with van der Waals surface area (Å²) in [7, 11) is 1.25. The number of para-hydroxylation sites is 1. The first-order chi connectivity index (χ1) is 13.1. The fourth-order valence-electron chi connectivity index (χ4n) is 3.16. The number of nitrogens with one attached hydrogen (secondary N) is 2. The third-order valence-electron chi connectivity index (χ3n) is 4.39. The SMILES string of the molecule is COc1c(Cl)cccc1[C@@H]1NC(=O)N[C@](O)(C(F)(F)F)[C@@H]1C(=O)c1cccs1. The van der Waals surface area contributed by atoms with Crippen LogP contribution in [-0.4, -0.2) is 35.9 Å². The van der Waals surface area contributed by atoms with Crippen LogP contribution in [-0.2, 0) is 0 Å². The minimum absolute atomic E-state index is 0.00313. The van der Waals surface area contributed by atoms with E-state index in [1.54, 1.807) is 0 Å². The Morgan fingerprint density at radius 3 is 2.61 bits per heavy atom. The molecule has 6 nitrogen and oxygen atoms in total. The molecule has 0 unspecified atom stereocenters. The van der Waals surface area contributed by atoms with Gasteiger partial charge in [0.25, 0.3) is 0 Å². The lowest BCUT2D eigenvalue weighted by Crippen LogP contribution is -2.72. The number of hydrogen-bond acceptors (Lipinski definition) is 5. The van der Waals surface area contributed by atoms with Crippen LogP contribution in [0.4, 0.5) is 18.0 Å². The molecule has 3 N–H and O–H groups in total. The second kappa shape index (κ2) is 7.26. The number of halogens is 4. The van der Waals surface area contributed by atoms with E-state index in [-0.39, 0.29) is 21.2 Å². The van der Waals surface area contributed by atoms with E-state index >= 15 is 0 Å². The van der Waals surface area contributed by atoms with Crippen molar-refractivity contribution in [3.05, 3.63) is 51.2 Å². The third kappa shape index (κ3) is 3.31. The van der Waals surface area contributed by atoms with E-state index in [1.165, 1.54) is 48.1 Å². The van der Waals surface area contributed by atoms with Crippen molar-refractivity contribution in [3.63, 3.8) is 0 Å². The molecule has 1 saturated heterocycles. The predicted octanol–water partition coefficient (Wildman–Crippen LogP) is 3.51. The van der Waals surface area contributed by atoms with Crippen LogP contribution >= 0.6 is 22.9 Å². The maximum absolute atomic E-state index is 13.8. The molecule has 0 radical (unpaired) electrons. The number of Topliss-reactive ketones (excluding diaryl/α,β-unsaturated/α-hetero) is 1. The number of amides is 2. The molecule has 3 rings (SSSR count).